The standard InChI is InChI=1S/C13H18O3S/c1-4-5-13(14)10(2)11-6-8-12(9-7-11)17(3,15)16/h6-10H,4-5H2,1-3H3. The lowest BCUT2D eigenvalue weighted by Crippen LogP contribution is -2.08. The van der Waals surface area contributed by atoms with Gasteiger partial charge in [0.25, 0.3) is 0 Å². The van der Waals surface area contributed by atoms with Crippen molar-refractivity contribution in [3.63, 3.8) is 0 Å². The maximum atomic E-state index is 11.7. The highest BCUT2D eigenvalue weighted by molar-refractivity contribution is 7.90. The second-order valence-corrected chi connectivity index (χ2v) is 6.29. The van der Waals surface area contributed by atoms with E-state index in [1.165, 1.54) is 6.26 Å². The van der Waals surface area contributed by atoms with E-state index in [0.717, 1.165) is 12.0 Å². The summed E-state index contributed by atoms with van der Waals surface area (Å²) < 4.78 is 22.6. The summed E-state index contributed by atoms with van der Waals surface area (Å²) in [5, 5.41) is 0. The maximum absolute atomic E-state index is 11.7. The highest BCUT2D eigenvalue weighted by Crippen LogP contribution is 2.20. The number of Topliss-reactive ketones (excluding diaryl/α,β-unsaturated/α-hetero) is 1. The normalized spacial score (nSPS) is 13.4. The minimum absolute atomic E-state index is 0.163. The van der Waals surface area contributed by atoms with Crippen LogP contribution in [0.2, 0.25) is 0 Å². The Labute approximate surface area is 103 Å². The first-order valence-corrected chi connectivity index (χ1v) is 7.58. The average molecular weight is 254 g/mol. The molecule has 0 aliphatic heterocycles. The summed E-state index contributed by atoms with van der Waals surface area (Å²) in [6.07, 6.45) is 2.58. The van der Waals surface area contributed by atoms with Crippen LogP contribution in [0.15, 0.2) is 29.2 Å². The molecule has 0 spiro atoms. The van der Waals surface area contributed by atoms with Crippen molar-refractivity contribution in [3.05, 3.63) is 29.8 Å². The molecule has 0 saturated heterocycles. The van der Waals surface area contributed by atoms with Crippen LogP contribution in [0.5, 0.6) is 0 Å². The molecule has 0 heterocycles. The van der Waals surface area contributed by atoms with Crippen LogP contribution in [0.4, 0.5) is 0 Å². The van der Waals surface area contributed by atoms with Gasteiger partial charge in [-0.05, 0) is 24.1 Å². The Kier molecular flexibility index (Phi) is 4.46. The Morgan fingerprint density at radius 1 is 1.24 bits per heavy atom. The first-order valence-electron chi connectivity index (χ1n) is 5.69. The van der Waals surface area contributed by atoms with Crippen molar-refractivity contribution in [1.82, 2.24) is 0 Å². The number of carbonyl (C=O) groups is 1. The van der Waals surface area contributed by atoms with Crippen LogP contribution in [-0.4, -0.2) is 20.5 Å². The van der Waals surface area contributed by atoms with Gasteiger partial charge >= 0.3 is 0 Å². The third kappa shape index (κ3) is 3.66. The Hall–Kier alpha value is -1.16. The van der Waals surface area contributed by atoms with Gasteiger partial charge in [0.05, 0.1) is 4.90 Å². The van der Waals surface area contributed by atoms with Crippen LogP contribution in [0.1, 0.15) is 38.2 Å². The van der Waals surface area contributed by atoms with Crippen LogP contribution in [0, 0.1) is 0 Å². The molecule has 0 aliphatic rings. The van der Waals surface area contributed by atoms with E-state index in [9.17, 15) is 13.2 Å². The zero-order chi connectivity index (χ0) is 13.1. The molecule has 0 aliphatic carbocycles. The van der Waals surface area contributed by atoms with Crippen LogP contribution in [0.25, 0.3) is 0 Å². The zero-order valence-electron chi connectivity index (χ0n) is 10.4. The number of carbonyl (C=O) groups excluding carboxylic acids is 1. The molecule has 0 fully saturated rings. The Bertz CT molecular complexity index is 486. The Morgan fingerprint density at radius 3 is 2.18 bits per heavy atom. The summed E-state index contributed by atoms with van der Waals surface area (Å²) >= 11 is 0. The fourth-order valence-electron chi connectivity index (χ4n) is 1.65. The highest BCUT2D eigenvalue weighted by atomic mass is 32.2. The number of benzene rings is 1. The monoisotopic (exact) mass is 254 g/mol. The van der Waals surface area contributed by atoms with Gasteiger partial charge in [0.2, 0.25) is 0 Å². The third-order valence-corrected chi connectivity index (χ3v) is 3.92. The van der Waals surface area contributed by atoms with E-state index in [1.54, 1.807) is 24.3 Å². The van der Waals surface area contributed by atoms with Gasteiger partial charge in [0.1, 0.15) is 5.78 Å². The van der Waals surface area contributed by atoms with Crippen molar-refractivity contribution in [2.75, 3.05) is 6.26 Å². The second-order valence-electron chi connectivity index (χ2n) is 4.28. The van der Waals surface area contributed by atoms with Gasteiger partial charge in [0.15, 0.2) is 9.84 Å². The van der Waals surface area contributed by atoms with Crippen molar-refractivity contribution in [3.8, 4) is 0 Å². The van der Waals surface area contributed by atoms with Gasteiger partial charge in [0, 0.05) is 18.6 Å². The summed E-state index contributed by atoms with van der Waals surface area (Å²) in [7, 11) is -3.16. The third-order valence-electron chi connectivity index (χ3n) is 2.79. The molecule has 94 valence electrons. The molecule has 17 heavy (non-hydrogen) atoms. The van der Waals surface area contributed by atoms with Crippen molar-refractivity contribution >= 4 is 15.6 Å². The number of sulfone groups is 1. The molecule has 1 rings (SSSR count). The van der Waals surface area contributed by atoms with Crippen molar-refractivity contribution in [2.45, 2.75) is 37.5 Å². The molecule has 0 bridgehead atoms. The molecule has 3 nitrogen and oxygen atoms in total. The van der Waals surface area contributed by atoms with E-state index in [0.29, 0.717) is 6.42 Å². The quantitative estimate of drug-likeness (QED) is 0.811. The molecule has 0 radical (unpaired) electrons. The number of ketones is 1. The Morgan fingerprint density at radius 2 is 1.76 bits per heavy atom. The maximum Gasteiger partial charge on any atom is 0.175 e. The average Bonchev–Trinajstić information content (AvgIpc) is 2.27. The molecule has 4 heteroatoms. The van der Waals surface area contributed by atoms with E-state index < -0.39 is 9.84 Å². The summed E-state index contributed by atoms with van der Waals surface area (Å²) in [5.74, 6) is 0.0307. The van der Waals surface area contributed by atoms with Gasteiger partial charge in [-0.2, -0.15) is 0 Å². The lowest BCUT2D eigenvalue weighted by Gasteiger charge is -2.10. The van der Waals surface area contributed by atoms with Crippen molar-refractivity contribution in [2.24, 2.45) is 0 Å². The first-order chi connectivity index (χ1) is 7.86. The SMILES string of the molecule is CCCC(=O)C(C)c1ccc(S(C)(=O)=O)cc1. The molecule has 1 aromatic carbocycles. The summed E-state index contributed by atoms with van der Waals surface area (Å²) in [6, 6.07) is 6.55. The lowest BCUT2D eigenvalue weighted by atomic mass is 9.94. The van der Waals surface area contributed by atoms with Gasteiger partial charge < -0.3 is 0 Å². The van der Waals surface area contributed by atoms with Crippen LogP contribution >= 0.6 is 0 Å². The molecule has 0 N–H and O–H groups in total. The fraction of sp³-hybridized carbons (Fsp3) is 0.462. The molecule has 0 amide bonds. The van der Waals surface area contributed by atoms with E-state index in [-0.39, 0.29) is 16.6 Å². The summed E-state index contributed by atoms with van der Waals surface area (Å²) in [6.45, 7) is 3.82. The smallest absolute Gasteiger partial charge is 0.175 e. The van der Waals surface area contributed by atoms with Crippen LogP contribution < -0.4 is 0 Å². The highest BCUT2D eigenvalue weighted by Gasteiger charge is 2.15. The summed E-state index contributed by atoms with van der Waals surface area (Å²) in [4.78, 5) is 12.0. The summed E-state index contributed by atoms with van der Waals surface area (Å²) in [5.41, 5.74) is 0.871. The molecule has 0 saturated carbocycles. The zero-order valence-corrected chi connectivity index (χ0v) is 11.3. The van der Waals surface area contributed by atoms with Gasteiger partial charge in [-0.1, -0.05) is 26.0 Å². The number of hydrogen-bond donors (Lipinski definition) is 0. The van der Waals surface area contributed by atoms with Gasteiger partial charge in [-0.15, -0.1) is 0 Å². The number of rotatable bonds is 5. The first kappa shape index (κ1) is 13.9. The molecular formula is C13H18O3S. The lowest BCUT2D eigenvalue weighted by molar-refractivity contribution is -0.120. The predicted octanol–water partition coefficient (Wildman–Crippen LogP) is 2.56. The van der Waals surface area contributed by atoms with E-state index in [2.05, 4.69) is 0 Å². The minimum Gasteiger partial charge on any atom is -0.299 e. The topological polar surface area (TPSA) is 51.2 Å². The van der Waals surface area contributed by atoms with E-state index in [4.69, 9.17) is 0 Å². The number of hydrogen-bond acceptors (Lipinski definition) is 3. The molecule has 0 aromatic heterocycles. The second kappa shape index (κ2) is 5.45. The fourth-order valence-corrected chi connectivity index (χ4v) is 2.28. The molecule has 1 unspecified atom stereocenters. The van der Waals surface area contributed by atoms with Crippen molar-refractivity contribution < 1.29 is 13.2 Å². The van der Waals surface area contributed by atoms with Gasteiger partial charge in [-0.25, -0.2) is 8.42 Å². The van der Waals surface area contributed by atoms with Crippen molar-refractivity contribution in [1.29, 1.82) is 0 Å². The minimum atomic E-state index is -3.16. The predicted molar refractivity (Wildman–Crippen MR) is 67.9 cm³/mol. The van der Waals surface area contributed by atoms with Gasteiger partial charge in [-0.3, -0.25) is 4.79 Å². The van der Waals surface area contributed by atoms with E-state index >= 15 is 0 Å². The molecular weight excluding hydrogens is 236 g/mol. The van der Waals surface area contributed by atoms with E-state index in [1.807, 2.05) is 13.8 Å². The Balaban J connectivity index is 2.92. The van der Waals surface area contributed by atoms with Crippen LogP contribution in [0.3, 0.4) is 0 Å². The molecule has 1 atom stereocenters. The molecule has 1 aromatic rings. The van der Waals surface area contributed by atoms with Crippen LogP contribution in [-0.2, 0) is 14.6 Å². The largest absolute Gasteiger partial charge is 0.299 e.